The van der Waals surface area contributed by atoms with Crippen molar-refractivity contribution in [1.82, 2.24) is 0 Å². The van der Waals surface area contributed by atoms with Crippen LogP contribution >= 0.6 is 0 Å². The van der Waals surface area contributed by atoms with E-state index in [0.29, 0.717) is 23.7 Å². The van der Waals surface area contributed by atoms with Crippen LogP contribution in [0.3, 0.4) is 0 Å². The zero-order chi connectivity index (χ0) is 12.2. The van der Waals surface area contributed by atoms with E-state index in [0.717, 1.165) is 6.42 Å². The molecule has 0 saturated carbocycles. The molecule has 0 amide bonds. The van der Waals surface area contributed by atoms with Crippen LogP contribution in [0.2, 0.25) is 0 Å². The average Bonchev–Trinajstić information content (AvgIpc) is 2.00. The normalized spacial score (nSPS) is 18.5. The fourth-order valence-corrected chi connectivity index (χ4v) is 3.57. The molecule has 1 unspecified atom stereocenters. The maximum atomic E-state index is 11.6. The van der Waals surface area contributed by atoms with Gasteiger partial charge in [-0.25, -0.2) is 4.21 Å². The Hall–Kier alpha value is 0.110. The average molecular weight is 233 g/mol. The van der Waals surface area contributed by atoms with Gasteiger partial charge in [0.2, 0.25) is 0 Å². The Balaban J connectivity index is 4.76. The molecule has 0 spiro atoms. The summed E-state index contributed by atoms with van der Waals surface area (Å²) in [5, 5.41) is 5.76. The molecule has 0 aliphatic heterocycles. The van der Waals surface area contributed by atoms with Crippen LogP contribution < -0.4 is 5.14 Å². The zero-order valence-corrected chi connectivity index (χ0v) is 11.8. The van der Waals surface area contributed by atoms with Crippen molar-refractivity contribution >= 4 is 11.0 Å². The minimum atomic E-state index is -1.20. The molecule has 0 rings (SSSR count). The first-order chi connectivity index (χ1) is 6.77. The Bertz CT molecular complexity index is 202. The summed E-state index contributed by atoms with van der Waals surface area (Å²) in [5.74, 6) is 2.05. The molecule has 0 aliphatic carbocycles. The monoisotopic (exact) mass is 233 g/mol. The van der Waals surface area contributed by atoms with Crippen molar-refractivity contribution in [3.05, 3.63) is 0 Å². The van der Waals surface area contributed by atoms with Gasteiger partial charge in [0.25, 0.3) is 0 Å². The molecule has 0 radical (unpaired) electrons. The van der Waals surface area contributed by atoms with Gasteiger partial charge in [-0.05, 0) is 30.1 Å². The molecule has 0 aromatic heterocycles. The van der Waals surface area contributed by atoms with Crippen LogP contribution in [0, 0.1) is 23.7 Å². The maximum Gasteiger partial charge on any atom is 0.0925 e. The predicted octanol–water partition coefficient (Wildman–Crippen LogP) is 2.95. The van der Waals surface area contributed by atoms with Gasteiger partial charge in [0.15, 0.2) is 0 Å². The lowest BCUT2D eigenvalue weighted by Gasteiger charge is -2.32. The Morgan fingerprint density at radius 2 is 1.47 bits per heavy atom. The summed E-state index contributed by atoms with van der Waals surface area (Å²) >= 11 is 0. The van der Waals surface area contributed by atoms with E-state index < -0.39 is 11.0 Å². The van der Waals surface area contributed by atoms with Gasteiger partial charge in [0, 0.05) is 0 Å². The molecular weight excluding hydrogens is 206 g/mol. The first kappa shape index (κ1) is 15.1. The van der Waals surface area contributed by atoms with E-state index in [1.165, 1.54) is 0 Å². The second-order valence-electron chi connectivity index (χ2n) is 5.57. The topological polar surface area (TPSA) is 43.1 Å². The third-order valence-electron chi connectivity index (χ3n) is 2.95. The first-order valence-electron chi connectivity index (χ1n) is 5.92. The van der Waals surface area contributed by atoms with E-state index in [1.807, 2.05) is 0 Å². The van der Waals surface area contributed by atoms with Crippen LogP contribution in [-0.2, 0) is 11.0 Å². The van der Waals surface area contributed by atoms with Crippen molar-refractivity contribution in [1.29, 1.82) is 0 Å². The van der Waals surface area contributed by atoms with E-state index in [-0.39, 0.29) is 5.25 Å². The van der Waals surface area contributed by atoms with Crippen LogP contribution in [0.1, 0.15) is 48.0 Å². The van der Waals surface area contributed by atoms with Gasteiger partial charge in [-0.2, -0.15) is 0 Å². The Morgan fingerprint density at radius 3 is 1.67 bits per heavy atom. The molecule has 3 atom stereocenters. The minimum Gasteiger partial charge on any atom is -0.252 e. The zero-order valence-electron chi connectivity index (χ0n) is 11.0. The van der Waals surface area contributed by atoms with Gasteiger partial charge in [-0.15, -0.1) is 0 Å². The summed E-state index contributed by atoms with van der Waals surface area (Å²) in [7, 11) is -1.20. The SMILES string of the molecule is CC(C)C[C@@H](C(C)C)[C@H](C(C)C)S(N)=O. The van der Waals surface area contributed by atoms with Gasteiger partial charge >= 0.3 is 0 Å². The molecule has 0 aliphatic rings. The summed E-state index contributed by atoms with van der Waals surface area (Å²) in [4.78, 5) is 0. The van der Waals surface area contributed by atoms with Crippen molar-refractivity contribution < 1.29 is 4.21 Å². The fraction of sp³-hybridized carbons (Fsp3) is 1.00. The van der Waals surface area contributed by atoms with Crippen molar-refractivity contribution in [2.75, 3.05) is 0 Å². The van der Waals surface area contributed by atoms with Gasteiger partial charge in [0.05, 0.1) is 16.2 Å². The van der Waals surface area contributed by atoms with Crippen LogP contribution in [0.25, 0.3) is 0 Å². The summed E-state index contributed by atoms with van der Waals surface area (Å²) < 4.78 is 11.6. The molecule has 0 bridgehead atoms. The molecule has 3 heteroatoms. The van der Waals surface area contributed by atoms with Gasteiger partial charge < -0.3 is 0 Å². The minimum absolute atomic E-state index is 0.132. The second-order valence-corrected chi connectivity index (χ2v) is 6.78. The van der Waals surface area contributed by atoms with Crippen molar-refractivity contribution in [2.45, 2.75) is 53.2 Å². The third-order valence-corrected chi connectivity index (χ3v) is 4.38. The van der Waals surface area contributed by atoms with Crippen molar-refractivity contribution in [3.63, 3.8) is 0 Å². The number of hydrogen-bond donors (Lipinski definition) is 1. The number of nitrogens with two attached hydrogens (primary N) is 1. The molecule has 15 heavy (non-hydrogen) atoms. The van der Waals surface area contributed by atoms with E-state index >= 15 is 0 Å². The van der Waals surface area contributed by atoms with Gasteiger partial charge in [0.1, 0.15) is 0 Å². The maximum absolute atomic E-state index is 11.6. The Kier molecular flexibility index (Phi) is 6.69. The summed E-state index contributed by atoms with van der Waals surface area (Å²) in [5.41, 5.74) is 0. The van der Waals surface area contributed by atoms with E-state index in [1.54, 1.807) is 0 Å². The number of hydrogen-bond acceptors (Lipinski definition) is 1. The predicted molar refractivity (Wildman–Crippen MR) is 68.7 cm³/mol. The summed E-state index contributed by atoms with van der Waals surface area (Å²) in [6, 6.07) is 0. The molecule has 0 aromatic carbocycles. The van der Waals surface area contributed by atoms with Crippen LogP contribution in [0.5, 0.6) is 0 Å². The molecule has 2 nitrogen and oxygen atoms in total. The Labute approximate surface area is 97.6 Å². The quantitative estimate of drug-likeness (QED) is 0.753. The molecule has 0 saturated heterocycles. The van der Waals surface area contributed by atoms with E-state index in [4.69, 9.17) is 5.14 Å². The first-order valence-corrected chi connectivity index (χ1v) is 7.19. The van der Waals surface area contributed by atoms with E-state index in [2.05, 4.69) is 41.5 Å². The van der Waals surface area contributed by atoms with Crippen LogP contribution in [0.15, 0.2) is 0 Å². The lowest BCUT2D eigenvalue weighted by Crippen LogP contribution is -2.38. The standard InChI is InChI=1S/C12H27NOS/c1-8(2)7-11(9(3)4)12(10(5)6)15(13)14/h8-12H,7,13H2,1-6H3/t11-,12-,15?/m0/s1. The van der Waals surface area contributed by atoms with Crippen LogP contribution in [-0.4, -0.2) is 9.46 Å². The van der Waals surface area contributed by atoms with Gasteiger partial charge in [-0.1, -0.05) is 41.5 Å². The van der Waals surface area contributed by atoms with Crippen LogP contribution in [0.4, 0.5) is 0 Å². The third kappa shape index (κ3) is 5.12. The molecule has 0 heterocycles. The summed E-state index contributed by atoms with van der Waals surface area (Å²) in [6.45, 7) is 13.1. The highest BCUT2D eigenvalue weighted by atomic mass is 32.2. The molecular formula is C12H27NOS. The molecule has 0 fully saturated rings. The molecule has 2 N–H and O–H groups in total. The molecule has 0 aromatic rings. The van der Waals surface area contributed by atoms with Crippen molar-refractivity contribution in [2.24, 2.45) is 28.8 Å². The lowest BCUT2D eigenvalue weighted by molar-refractivity contribution is 0.275. The second kappa shape index (κ2) is 6.64. The number of rotatable bonds is 6. The highest BCUT2D eigenvalue weighted by Crippen LogP contribution is 2.30. The smallest absolute Gasteiger partial charge is 0.0925 e. The lowest BCUT2D eigenvalue weighted by atomic mass is 9.81. The highest BCUT2D eigenvalue weighted by Gasteiger charge is 2.31. The van der Waals surface area contributed by atoms with Crippen molar-refractivity contribution in [3.8, 4) is 0 Å². The molecule has 92 valence electrons. The fourth-order valence-electron chi connectivity index (χ4n) is 2.26. The van der Waals surface area contributed by atoms with Gasteiger partial charge in [-0.3, -0.25) is 5.14 Å². The Morgan fingerprint density at radius 1 is 1.00 bits per heavy atom. The van der Waals surface area contributed by atoms with E-state index in [9.17, 15) is 4.21 Å². The highest BCUT2D eigenvalue weighted by molar-refractivity contribution is 7.83. The summed E-state index contributed by atoms with van der Waals surface area (Å²) in [6.07, 6.45) is 1.11. The largest absolute Gasteiger partial charge is 0.252 e.